The van der Waals surface area contributed by atoms with Crippen molar-refractivity contribution in [1.82, 2.24) is 19.6 Å². The third-order valence-electron chi connectivity index (χ3n) is 6.36. The highest BCUT2D eigenvalue weighted by molar-refractivity contribution is 7.15. The van der Waals surface area contributed by atoms with Gasteiger partial charge in [-0.05, 0) is 37.1 Å². The molecule has 2 aromatic carbocycles. The van der Waals surface area contributed by atoms with Gasteiger partial charge in [-0.15, -0.1) is 21.5 Å². The number of nitrogens with one attached hydrogen (secondary N) is 1. The summed E-state index contributed by atoms with van der Waals surface area (Å²) >= 11 is 1.60. The maximum Gasteiger partial charge on any atom is 0.229 e. The summed E-state index contributed by atoms with van der Waals surface area (Å²) < 4.78 is 2.01. The average Bonchev–Trinajstić information content (AvgIpc) is 3.53. The van der Waals surface area contributed by atoms with Gasteiger partial charge in [-0.25, -0.2) is 4.98 Å². The zero-order chi connectivity index (χ0) is 23.6. The van der Waals surface area contributed by atoms with Crippen molar-refractivity contribution < 1.29 is 4.79 Å². The molecule has 0 saturated carbocycles. The Kier molecular flexibility index (Phi) is 5.71. The number of fused-ring (bicyclic) bond motifs is 1. The lowest BCUT2D eigenvalue weighted by atomic mass is 9.97. The molecule has 1 saturated heterocycles. The molecule has 174 valence electrons. The standard InChI is InChI=1S/C27H24N6OS/c34-26(28-22-10-4-8-20(16-22)24-18-33-14-15-35-27(33)29-24)21-9-5-13-32(17-21)25-12-11-23(30-31-25)19-6-2-1-3-7-19/h1-4,6-8,10-12,14-16,18,21H,5,9,13,17H2,(H,28,34). The lowest BCUT2D eigenvalue weighted by Gasteiger charge is -2.32. The van der Waals surface area contributed by atoms with Crippen LogP contribution in [0.25, 0.3) is 27.5 Å². The lowest BCUT2D eigenvalue weighted by Crippen LogP contribution is -2.41. The Balaban J connectivity index is 1.13. The maximum absolute atomic E-state index is 13.1. The first kappa shape index (κ1) is 21.5. The number of piperidine rings is 1. The number of hydrogen-bond donors (Lipinski definition) is 1. The van der Waals surface area contributed by atoms with Crippen LogP contribution in [0.2, 0.25) is 0 Å². The summed E-state index contributed by atoms with van der Waals surface area (Å²) in [5, 5.41) is 14.0. The van der Waals surface area contributed by atoms with E-state index in [9.17, 15) is 4.79 Å². The van der Waals surface area contributed by atoms with Gasteiger partial charge >= 0.3 is 0 Å². The van der Waals surface area contributed by atoms with Gasteiger partial charge in [0.05, 0.1) is 17.3 Å². The molecule has 1 aliphatic heterocycles. The number of carbonyl (C=O) groups is 1. The minimum Gasteiger partial charge on any atom is -0.354 e. The third kappa shape index (κ3) is 4.52. The summed E-state index contributed by atoms with van der Waals surface area (Å²) in [6, 6.07) is 21.9. The van der Waals surface area contributed by atoms with Gasteiger partial charge in [0.1, 0.15) is 0 Å². The number of amides is 1. The van der Waals surface area contributed by atoms with Crippen LogP contribution in [-0.2, 0) is 4.79 Å². The molecule has 1 fully saturated rings. The zero-order valence-electron chi connectivity index (χ0n) is 19.0. The van der Waals surface area contributed by atoms with Crippen molar-refractivity contribution in [1.29, 1.82) is 0 Å². The summed E-state index contributed by atoms with van der Waals surface area (Å²) in [5.74, 6) is 0.733. The molecule has 1 unspecified atom stereocenters. The number of carbonyl (C=O) groups excluding carboxylic acids is 1. The van der Waals surface area contributed by atoms with E-state index in [1.165, 1.54) is 0 Å². The van der Waals surface area contributed by atoms with Crippen LogP contribution in [-0.4, -0.2) is 38.6 Å². The Bertz CT molecular complexity index is 1430. The van der Waals surface area contributed by atoms with Crippen molar-refractivity contribution in [2.75, 3.05) is 23.3 Å². The Morgan fingerprint density at radius 2 is 1.86 bits per heavy atom. The summed E-state index contributed by atoms with van der Waals surface area (Å²) in [6.07, 6.45) is 5.80. The first-order valence-corrected chi connectivity index (χ1v) is 12.6. The number of nitrogens with zero attached hydrogens (tertiary/aromatic N) is 5. The summed E-state index contributed by atoms with van der Waals surface area (Å²) in [6.45, 7) is 1.50. The maximum atomic E-state index is 13.1. The monoisotopic (exact) mass is 480 g/mol. The van der Waals surface area contributed by atoms with Gasteiger partial charge in [-0.3, -0.25) is 9.20 Å². The van der Waals surface area contributed by atoms with Crippen LogP contribution in [0.4, 0.5) is 11.5 Å². The highest BCUT2D eigenvalue weighted by atomic mass is 32.1. The second-order valence-corrected chi connectivity index (χ2v) is 9.59. The molecule has 1 N–H and O–H groups in total. The van der Waals surface area contributed by atoms with Crippen LogP contribution >= 0.6 is 11.3 Å². The molecule has 3 aromatic heterocycles. The van der Waals surface area contributed by atoms with Crippen LogP contribution < -0.4 is 10.2 Å². The molecule has 5 aromatic rings. The molecular weight excluding hydrogens is 456 g/mol. The van der Waals surface area contributed by atoms with Gasteiger partial charge in [0.2, 0.25) is 5.91 Å². The number of anilines is 2. The van der Waals surface area contributed by atoms with E-state index >= 15 is 0 Å². The smallest absolute Gasteiger partial charge is 0.229 e. The molecule has 0 bridgehead atoms. The predicted octanol–water partition coefficient (Wildman–Crippen LogP) is 5.37. The lowest BCUT2D eigenvalue weighted by molar-refractivity contribution is -0.120. The van der Waals surface area contributed by atoms with Crippen LogP contribution in [0.15, 0.2) is 84.5 Å². The van der Waals surface area contributed by atoms with E-state index in [-0.39, 0.29) is 11.8 Å². The summed E-state index contributed by atoms with van der Waals surface area (Å²) in [4.78, 5) is 20.9. The fraction of sp³-hybridized carbons (Fsp3) is 0.185. The molecule has 4 heterocycles. The number of aromatic nitrogens is 4. The van der Waals surface area contributed by atoms with Crippen molar-refractivity contribution >= 4 is 33.7 Å². The van der Waals surface area contributed by atoms with Gasteiger partial charge < -0.3 is 10.2 Å². The van der Waals surface area contributed by atoms with E-state index in [4.69, 9.17) is 0 Å². The van der Waals surface area contributed by atoms with E-state index in [1.807, 2.05) is 88.9 Å². The SMILES string of the molecule is O=C(Nc1cccc(-c2cn3ccsc3n2)c1)C1CCCN(c2ccc(-c3ccccc3)nn2)C1. The number of imidazole rings is 1. The van der Waals surface area contributed by atoms with Crippen molar-refractivity contribution in [3.63, 3.8) is 0 Å². The molecule has 0 spiro atoms. The number of benzene rings is 2. The minimum absolute atomic E-state index is 0.0338. The Hall–Kier alpha value is -4.04. The van der Waals surface area contributed by atoms with Gasteiger partial charge in [0.15, 0.2) is 10.8 Å². The van der Waals surface area contributed by atoms with E-state index < -0.39 is 0 Å². The molecule has 7 nitrogen and oxygen atoms in total. The molecule has 1 amide bonds. The number of hydrogen-bond acceptors (Lipinski definition) is 6. The van der Waals surface area contributed by atoms with Crippen molar-refractivity contribution in [3.05, 3.63) is 84.5 Å². The molecule has 35 heavy (non-hydrogen) atoms. The first-order valence-electron chi connectivity index (χ1n) is 11.7. The Morgan fingerprint density at radius 3 is 2.69 bits per heavy atom. The van der Waals surface area contributed by atoms with Gasteiger partial charge in [-0.2, -0.15) is 0 Å². The largest absolute Gasteiger partial charge is 0.354 e. The van der Waals surface area contributed by atoms with Crippen LogP contribution in [0, 0.1) is 5.92 Å². The second kappa shape index (κ2) is 9.31. The Labute approximate surface area is 207 Å². The quantitative estimate of drug-likeness (QED) is 0.366. The van der Waals surface area contributed by atoms with Crippen molar-refractivity contribution in [3.8, 4) is 22.5 Å². The summed E-state index contributed by atoms with van der Waals surface area (Å²) in [7, 11) is 0. The fourth-order valence-electron chi connectivity index (χ4n) is 4.52. The highest BCUT2D eigenvalue weighted by Crippen LogP contribution is 2.27. The highest BCUT2D eigenvalue weighted by Gasteiger charge is 2.27. The topological polar surface area (TPSA) is 75.4 Å². The van der Waals surface area contributed by atoms with Gasteiger partial charge in [0, 0.05) is 47.7 Å². The zero-order valence-corrected chi connectivity index (χ0v) is 19.9. The first-order chi connectivity index (χ1) is 17.2. The summed E-state index contributed by atoms with van der Waals surface area (Å²) in [5.41, 5.74) is 4.55. The van der Waals surface area contributed by atoms with Crippen LogP contribution in [0.1, 0.15) is 12.8 Å². The molecule has 0 radical (unpaired) electrons. The molecular formula is C27H24N6OS. The Morgan fingerprint density at radius 1 is 0.971 bits per heavy atom. The minimum atomic E-state index is -0.110. The molecule has 1 aliphatic rings. The van der Waals surface area contributed by atoms with Crippen LogP contribution in [0.5, 0.6) is 0 Å². The number of rotatable bonds is 5. The van der Waals surface area contributed by atoms with Gasteiger partial charge in [-0.1, -0.05) is 42.5 Å². The van der Waals surface area contributed by atoms with Crippen molar-refractivity contribution in [2.45, 2.75) is 12.8 Å². The van der Waals surface area contributed by atoms with E-state index in [0.717, 1.165) is 58.4 Å². The van der Waals surface area contributed by atoms with E-state index in [0.29, 0.717) is 6.54 Å². The van der Waals surface area contributed by atoms with Crippen molar-refractivity contribution in [2.24, 2.45) is 5.92 Å². The molecule has 0 aliphatic carbocycles. The molecule has 6 rings (SSSR count). The van der Waals surface area contributed by atoms with E-state index in [2.05, 4.69) is 25.4 Å². The normalized spacial score (nSPS) is 15.9. The fourth-order valence-corrected chi connectivity index (χ4v) is 5.22. The average molecular weight is 481 g/mol. The van der Waals surface area contributed by atoms with E-state index in [1.54, 1.807) is 11.3 Å². The second-order valence-electron chi connectivity index (χ2n) is 8.72. The van der Waals surface area contributed by atoms with Crippen LogP contribution in [0.3, 0.4) is 0 Å². The molecule has 1 atom stereocenters. The molecule has 8 heteroatoms. The third-order valence-corrected chi connectivity index (χ3v) is 7.13. The number of thiazole rings is 1. The van der Waals surface area contributed by atoms with Gasteiger partial charge in [0.25, 0.3) is 0 Å². The predicted molar refractivity (Wildman–Crippen MR) is 140 cm³/mol.